The minimum absolute atomic E-state index is 0.130. The molecule has 0 spiro atoms. The molecule has 0 saturated carbocycles. The van der Waals surface area contributed by atoms with E-state index < -0.39 is 12.1 Å². The van der Waals surface area contributed by atoms with Crippen LogP contribution in [0.5, 0.6) is 5.75 Å². The van der Waals surface area contributed by atoms with Crippen molar-refractivity contribution in [1.82, 2.24) is 0 Å². The van der Waals surface area contributed by atoms with E-state index in [1.54, 1.807) is 11.3 Å². The van der Waals surface area contributed by atoms with Gasteiger partial charge in [0.05, 0.1) is 12.7 Å². The zero-order chi connectivity index (χ0) is 24.1. The second-order valence-electron chi connectivity index (χ2n) is 9.57. The summed E-state index contributed by atoms with van der Waals surface area (Å²) >= 11 is 1.71. The predicted octanol–water partition coefficient (Wildman–Crippen LogP) is 5.86. The van der Waals surface area contributed by atoms with Gasteiger partial charge in [0.1, 0.15) is 19.0 Å². The number of aliphatic hydroxyl groups excluding tert-OH is 1. The number of rotatable bonds is 11. The topological polar surface area (TPSA) is 76.0 Å². The van der Waals surface area contributed by atoms with Crippen LogP contribution in [0.1, 0.15) is 73.9 Å². The molecule has 0 aliphatic rings. The lowest BCUT2D eigenvalue weighted by molar-refractivity contribution is -0.142. The second-order valence-corrected chi connectivity index (χ2v) is 10.7. The highest BCUT2D eigenvalue weighted by molar-refractivity contribution is 7.12. The third-order valence-corrected chi connectivity index (χ3v) is 7.70. The molecule has 0 fully saturated rings. The summed E-state index contributed by atoms with van der Waals surface area (Å²) in [5.41, 5.74) is 3.07. The monoisotopic (exact) mass is 462 g/mol. The van der Waals surface area contributed by atoms with Gasteiger partial charge >= 0.3 is 5.97 Å². The van der Waals surface area contributed by atoms with Crippen molar-refractivity contribution in [1.29, 1.82) is 0 Å². The number of carboxylic acid groups (broad SMARTS) is 1. The van der Waals surface area contributed by atoms with E-state index in [9.17, 15) is 9.90 Å². The quantitative estimate of drug-likeness (QED) is 0.437. The molecular weight excluding hydrogens is 424 g/mol. The van der Waals surface area contributed by atoms with Gasteiger partial charge in [-0.2, -0.15) is 0 Å². The van der Waals surface area contributed by atoms with Gasteiger partial charge in [0.25, 0.3) is 0 Å². The van der Waals surface area contributed by atoms with E-state index in [0.29, 0.717) is 6.61 Å². The highest BCUT2D eigenvalue weighted by Crippen LogP contribution is 2.44. The Kier molecular flexibility index (Phi) is 8.91. The molecular formula is C26H38O5S. The molecule has 0 amide bonds. The van der Waals surface area contributed by atoms with Gasteiger partial charge in [-0.1, -0.05) is 46.8 Å². The molecule has 6 heteroatoms. The van der Waals surface area contributed by atoms with Crippen LogP contribution >= 0.6 is 11.3 Å². The smallest absolute Gasteiger partial charge is 0.329 e. The molecule has 1 heterocycles. The van der Waals surface area contributed by atoms with E-state index in [1.807, 2.05) is 33.8 Å². The predicted molar refractivity (Wildman–Crippen MR) is 130 cm³/mol. The second kappa shape index (κ2) is 10.8. The molecule has 5 nitrogen and oxygen atoms in total. The molecule has 0 bridgehead atoms. The van der Waals surface area contributed by atoms with E-state index >= 15 is 0 Å². The Hall–Kier alpha value is -1.89. The number of hydrogen-bond acceptors (Lipinski definition) is 5. The third kappa shape index (κ3) is 6.12. The van der Waals surface area contributed by atoms with Gasteiger partial charge < -0.3 is 19.7 Å². The Bertz CT molecular complexity index is 905. The molecule has 2 rings (SSSR count). The number of benzene rings is 1. The van der Waals surface area contributed by atoms with Crippen molar-refractivity contribution in [3.05, 3.63) is 50.7 Å². The number of ether oxygens (including phenoxy) is 2. The lowest BCUT2D eigenvalue weighted by atomic mass is 9.74. The fourth-order valence-electron chi connectivity index (χ4n) is 3.81. The Morgan fingerprint density at radius 2 is 1.75 bits per heavy atom. The maximum absolute atomic E-state index is 10.8. The highest BCUT2D eigenvalue weighted by Gasteiger charge is 2.33. The number of hydrogen-bond donors (Lipinski definition) is 2. The van der Waals surface area contributed by atoms with E-state index in [-0.39, 0.29) is 24.0 Å². The first-order valence-corrected chi connectivity index (χ1v) is 12.1. The molecule has 1 aromatic heterocycles. The van der Waals surface area contributed by atoms with Crippen molar-refractivity contribution in [2.24, 2.45) is 5.41 Å². The summed E-state index contributed by atoms with van der Waals surface area (Å²) in [5.74, 6) is -0.160. The van der Waals surface area contributed by atoms with Crippen LogP contribution in [0.25, 0.3) is 0 Å². The first-order valence-electron chi connectivity index (χ1n) is 11.3. The third-order valence-electron chi connectivity index (χ3n) is 6.28. The molecule has 1 aromatic carbocycles. The van der Waals surface area contributed by atoms with Crippen LogP contribution in [-0.2, 0) is 21.6 Å². The first kappa shape index (κ1) is 26.4. The van der Waals surface area contributed by atoms with Crippen molar-refractivity contribution >= 4 is 17.3 Å². The van der Waals surface area contributed by atoms with Crippen LogP contribution in [0.3, 0.4) is 0 Å². The lowest BCUT2D eigenvalue weighted by Gasteiger charge is -2.32. The zero-order valence-corrected chi connectivity index (χ0v) is 21.3. The summed E-state index contributed by atoms with van der Waals surface area (Å²) in [6.07, 6.45) is 1.35. The minimum Gasteiger partial charge on any atom is -0.491 e. The largest absolute Gasteiger partial charge is 0.491 e. The summed E-state index contributed by atoms with van der Waals surface area (Å²) in [7, 11) is 0. The molecule has 1 atom stereocenters. The van der Waals surface area contributed by atoms with Crippen molar-refractivity contribution < 1.29 is 24.5 Å². The van der Waals surface area contributed by atoms with Crippen LogP contribution < -0.4 is 4.74 Å². The van der Waals surface area contributed by atoms with E-state index in [2.05, 4.69) is 39.0 Å². The average Bonchev–Trinajstić information content (AvgIpc) is 3.08. The summed E-state index contributed by atoms with van der Waals surface area (Å²) in [6, 6.07) is 8.56. The molecule has 0 radical (unpaired) electrons. The molecule has 0 saturated heterocycles. The average molecular weight is 463 g/mol. The van der Waals surface area contributed by atoms with Crippen LogP contribution in [0.4, 0.5) is 0 Å². The van der Waals surface area contributed by atoms with Crippen LogP contribution in [0, 0.1) is 19.3 Å². The Morgan fingerprint density at radius 3 is 2.28 bits per heavy atom. The number of thiophene rings is 1. The van der Waals surface area contributed by atoms with Gasteiger partial charge in [0, 0.05) is 15.2 Å². The molecule has 32 heavy (non-hydrogen) atoms. The summed E-state index contributed by atoms with van der Waals surface area (Å²) in [6.45, 7) is 14.8. The maximum Gasteiger partial charge on any atom is 0.329 e. The van der Waals surface area contributed by atoms with Gasteiger partial charge in [0.2, 0.25) is 0 Å². The first-order chi connectivity index (χ1) is 14.9. The highest BCUT2D eigenvalue weighted by atomic mass is 32.1. The van der Waals surface area contributed by atoms with Gasteiger partial charge in [-0.05, 0) is 60.9 Å². The van der Waals surface area contributed by atoms with Crippen LogP contribution in [-0.4, -0.2) is 35.5 Å². The number of aryl methyl sites for hydroxylation is 2. The normalized spacial score (nSPS) is 13.2. The fraction of sp³-hybridized carbons (Fsp3) is 0.577. The number of aliphatic carboxylic acids is 1. The van der Waals surface area contributed by atoms with Crippen molar-refractivity contribution in [3.8, 4) is 5.75 Å². The summed E-state index contributed by atoms with van der Waals surface area (Å²) in [4.78, 5) is 13.1. The summed E-state index contributed by atoms with van der Waals surface area (Å²) in [5, 5.41) is 19.1. The molecule has 178 valence electrons. The number of carboxylic acids is 1. The Morgan fingerprint density at radius 1 is 1.09 bits per heavy atom. The molecule has 1 unspecified atom stereocenters. The van der Waals surface area contributed by atoms with E-state index in [1.165, 1.54) is 10.4 Å². The van der Waals surface area contributed by atoms with Gasteiger partial charge in [-0.25, -0.2) is 4.79 Å². The SMILES string of the molecule is CCC(CC)(c1ccc(OCC(O)C(C)(C)C)c(C)c1)c1cc(C)c(COCC(=O)O)s1. The molecule has 0 aliphatic carbocycles. The number of aliphatic hydroxyl groups is 1. The van der Waals surface area contributed by atoms with Gasteiger partial charge in [-0.3, -0.25) is 0 Å². The standard InChI is InChI=1S/C26H38O5S/c1-8-26(9-2,23-13-18(4)21(32-23)14-30-16-24(28)29)19-10-11-20(17(3)12-19)31-15-22(27)25(5,6)7/h10-13,22,27H,8-9,14-16H2,1-7H3,(H,28,29). The zero-order valence-electron chi connectivity index (χ0n) is 20.4. The molecule has 2 N–H and O–H groups in total. The van der Waals surface area contributed by atoms with E-state index in [4.69, 9.17) is 14.6 Å². The van der Waals surface area contributed by atoms with E-state index in [0.717, 1.165) is 34.6 Å². The van der Waals surface area contributed by atoms with Gasteiger partial charge in [0.15, 0.2) is 0 Å². The van der Waals surface area contributed by atoms with Crippen molar-refractivity contribution in [2.45, 2.75) is 79.4 Å². The minimum atomic E-state index is -0.955. The molecule has 0 aliphatic heterocycles. The van der Waals surface area contributed by atoms with Crippen molar-refractivity contribution in [3.63, 3.8) is 0 Å². The van der Waals surface area contributed by atoms with Crippen LogP contribution in [0.15, 0.2) is 24.3 Å². The molecule has 2 aromatic rings. The fourth-order valence-corrected chi connectivity index (χ4v) is 5.27. The maximum atomic E-state index is 10.8. The van der Waals surface area contributed by atoms with Crippen molar-refractivity contribution in [2.75, 3.05) is 13.2 Å². The summed E-state index contributed by atoms with van der Waals surface area (Å²) < 4.78 is 11.3. The Balaban J connectivity index is 2.29. The van der Waals surface area contributed by atoms with Crippen LogP contribution in [0.2, 0.25) is 0 Å². The number of carbonyl (C=O) groups is 1. The lowest BCUT2D eigenvalue weighted by Crippen LogP contribution is -2.32. The Labute approximate surface area is 196 Å². The van der Waals surface area contributed by atoms with Gasteiger partial charge in [-0.15, -0.1) is 11.3 Å².